The van der Waals surface area contributed by atoms with Crippen molar-refractivity contribution in [2.24, 2.45) is 5.73 Å². The molecular formula is C6H9F2N3. The molecule has 0 saturated carbocycles. The van der Waals surface area contributed by atoms with Crippen LogP contribution in [0.2, 0.25) is 0 Å². The number of hydrogen-bond donors (Lipinski definition) is 2. The summed E-state index contributed by atoms with van der Waals surface area (Å²) in [4.78, 5) is 5.79. The normalized spacial score (nSPS) is 11.9. The molecule has 0 bridgehead atoms. The van der Waals surface area contributed by atoms with Crippen LogP contribution in [0.1, 0.15) is 12.2 Å². The first-order valence-electron chi connectivity index (χ1n) is 3.24. The number of halogens is 2. The molecule has 1 aromatic rings. The number of aromatic amines is 1. The predicted octanol–water partition coefficient (Wildman–Crippen LogP) is 0.850. The van der Waals surface area contributed by atoms with E-state index in [1.165, 1.54) is 12.4 Å². The van der Waals surface area contributed by atoms with Crippen LogP contribution in [0.5, 0.6) is 0 Å². The van der Waals surface area contributed by atoms with Crippen molar-refractivity contribution in [1.29, 1.82) is 0 Å². The number of H-pyrrole nitrogens is 1. The van der Waals surface area contributed by atoms with Crippen molar-refractivity contribution in [3.8, 4) is 0 Å². The van der Waals surface area contributed by atoms with E-state index in [2.05, 4.69) is 9.97 Å². The second-order valence-electron chi connectivity index (χ2n) is 2.18. The zero-order chi connectivity index (χ0) is 8.32. The summed E-state index contributed by atoms with van der Waals surface area (Å²) in [6.07, 6.45) is 2.28. The lowest BCUT2D eigenvalue weighted by atomic mass is 10.2. The van der Waals surface area contributed by atoms with Crippen LogP contribution in [0.15, 0.2) is 12.4 Å². The molecule has 0 atom stereocenters. The van der Waals surface area contributed by atoms with E-state index >= 15 is 0 Å². The van der Waals surface area contributed by atoms with Crippen molar-refractivity contribution in [1.82, 2.24) is 9.97 Å². The largest absolute Gasteiger partial charge is 0.344 e. The highest BCUT2D eigenvalue weighted by Crippen LogP contribution is 2.27. The summed E-state index contributed by atoms with van der Waals surface area (Å²) < 4.78 is 25.6. The summed E-state index contributed by atoms with van der Waals surface area (Å²) in [6, 6.07) is 0. The molecule has 0 aromatic carbocycles. The number of nitrogens with zero attached hydrogens (tertiary/aromatic N) is 1. The van der Waals surface area contributed by atoms with Crippen molar-refractivity contribution in [3.05, 3.63) is 18.2 Å². The van der Waals surface area contributed by atoms with Crippen LogP contribution < -0.4 is 5.73 Å². The van der Waals surface area contributed by atoms with Gasteiger partial charge in [0, 0.05) is 18.8 Å². The fraction of sp³-hybridized carbons (Fsp3) is 0.500. The van der Waals surface area contributed by atoms with Crippen molar-refractivity contribution >= 4 is 0 Å². The van der Waals surface area contributed by atoms with E-state index < -0.39 is 5.92 Å². The van der Waals surface area contributed by atoms with Crippen LogP contribution >= 0.6 is 0 Å². The smallest absolute Gasteiger partial charge is 0.305 e. The minimum absolute atomic E-state index is 0.0479. The number of alkyl halides is 2. The van der Waals surface area contributed by atoms with Gasteiger partial charge >= 0.3 is 5.92 Å². The molecule has 0 unspecified atom stereocenters. The Morgan fingerprint density at radius 1 is 1.64 bits per heavy atom. The number of hydrogen-bond acceptors (Lipinski definition) is 2. The standard InChI is InChI=1S/C6H9F2N3/c7-6(8,1-2-9)5-10-3-4-11-5/h3-4H,1-2,9H2,(H,10,11). The minimum Gasteiger partial charge on any atom is -0.344 e. The van der Waals surface area contributed by atoms with Gasteiger partial charge in [-0.1, -0.05) is 0 Å². The van der Waals surface area contributed by atoms with Gasteiger partial charge in [0.2, 0.25) is 0 Å². The van der Waals surface area contributed by atoms with Crippen LogP contribution in [0, 0.1) is 0 Å². The Balaban J connectivity index is 2.73. The topological polar surface area (TPSA) is 54.7 Å². The lowest BCUT2D eigenvalue weighted by Crippen LogP contribution is -2.20. The van der Waals surface area contributed by atoms with Gasteiger partial charge in [-0.15, -0.1) is 0 Å². The van der Waals surface area contributed by atoms with Crippen LogP contribution in [0.25, 0.3) is 0 Å². The first kappa shape index (κ1) is 8.13. The van der Waals surface area contributed by atoms with Gasteiger partial charge in [-0.25, -0.2) is 4.98 Å². The molecule has 62 valence electrons. The van der Waals surface area contributed by atoms with Gasteiger partial charge < -0.3 is 10.7 Å². The first-order valence-corrected chi connectivity index (χ1v) is 3.24. The molecule has 11 heavy (non-hydrogen) atoms. The Hall–Kier alpha value is -0.970. The van der Waals surface area contributed by atoms with E-state index in [0.29, 0.717) is 0 Å². The van der Waals surface area contributed by atoms with Crippen LogP contribution in [-0.4, -0.2) is 16.5 Å². The SMILES string of the molecule is NCCC(F)(F)c1ncc[nH]1. The molecular weight excluding hydrogens is 152 g/mol. The van der Waals surface area contributed by atoms with Crippen LogP contribution in [0.4, 0.5) is 8.78 Å². The van der Waals surface area contributed by atoms with E-state index in [1.807, 2.05) is 0 Å². The van der Waals surface area contributed by atoms with E-state index in [0.717, 1.165) is 0 Å². The molecule has 1 heterocycles. The summed E-state index contributed by atoms with van der Waals surface area (Å²) in [5.41, 5.74) is 5.00. The molecule has 1 aromatic heterocycles. The Bertz CT molecular complexity index is 208. The molecule has 3 N–H and O–H groups in total. The molecule has 0 saturated heterocycles. The van der Waals surface area contributed by atoms with Gasteiger partial charge in [-0.05, 0) is 6.54 Å². The summed E-state index contributed by atoms with van der Waals surface area (Å²) in [5.74, 6) is -3.24. The van der Waals surface area contributed by atoms with Gasteiger partial charge in [0.05, 0.1) is 0 Å². The van der Waals surface area contributed by atoms with Gasteiger partial charge in [0.25, 0.3) is 0 Å². The monoisotopic (exact) mass is 161 g/mol. The summed E-state index contributed by atoms with van der Waals surface area (Å²) in [6.45, 7) is -0.0479. The highest BCUT2D eigenvalue weighted by Gasteiger charge is 2.32. The van der Waals surface area contributed by atoms with Crippen molar-refractivity contribution < 1.29 is 8.78 Å². The second-order valence-corrected chi connectivity index (χ2v) is 2.18. The predicted molar refractivity (Wildman–Crippen MR) is 36.2 cm³/mol. The zero-order valence-electron chi connectivity index (χ0n) is 5.85. The van der Waals surface area contributed by atoms with Gasteiger partial charge in [0.1, 0.15) is 0 Å². The minimum atomic E-state index is -2.92. The number of rotatable bonds is 3. The van der Waals surface area contributed by atoms with Gasteiger partial charge in [-0.3, -0.25) is 0 Å². The molecule has 3 nitrogen and oxygen atoms in total. The third-order valence-corrected chi connectivity index (χ3v) is 1.30. The molecule has 0 aliphatic rings. The Morgan fingerprint density at radius 2 is 2.36 bits per heavy atom. The maximum absolute atomic E-state index is 12.8. The molecule has 0 aliphatic heterocycles. The summed E-state index contributed by atoms with van der Waals surface area (Å²) in [7, 11) is 0. The Kier molecular flexibility index (Phi) is 2.19. The molecule has 0 amide bonds. The fourth-order valence-electron chi connectivity index (χ4n) is 0.765. The maximum Gasteiger partial charge on any atom is 0.305 e. The Morgan fingerprint density at radius 3 is 2.82 bits per heavy atom. The Labute approximate surface area is 62.6 Å². The molecule has 0 spiro atoms. The van der Waals surface area contributed by atoms with E-state index in [-0.39, 0.29) is 18.8 Å². The van der Waals surface area contributed by atoms with Crippen LogP contribution in [0.3, 0.4) is 0 Å². The quantitative estimate of drug-likeness (QED) is 0.690. The lowest BCUT2D eigenvalue weighted by Gasteiger charge is -2.11. The van der Waals surface area contributed by atoms with Gasteiger partial charge in [-0.2, -0.15) is 8.78 Å². The molecule has 0 fully saturated rings. The average Bonchev–Trinajstić information content (AvgIpc) is 2.37. The zero-order valence-corrected chi connectivity index (χ0v) is 5.85. The molecule has 1 rings (SSSR count). The summed E-state index contributed by atoms with van der Waals surface area (Å²) in [5, 5.41) is 0. The third-order valence-electron chi connectivity index (χ3n) is 1.30. The second kappa shape index (κ2) is 2.96. The van der Waals surface area contributed by atoms with Gasteiger partial charge in [0.15, 0.2) is 5.82 Å². The fourth-order valence-corrected chi connectivity index (χ4v) is 0.765. The third kappa shape index (κ3) is 1.74. The van der Waals surface area contributed by atoms with Crippen molar-refractivity contribution in [2.45, 2.75) is 12.3 Å². The highest BCUT2D eigenvalue weighted by atomic mass is 19.3. The van der Waals surface area contributed by atoms with E-state index in [4.69, 9.17) is 5.73 Å². The average molecular weight is 161 g/mol. The van der Waals surface area contributed by atoms with Crippen LogP contribution in [-0.2, 0) is 5.92 Å². The maximum atomic E-state index is 12.8. The first-order chi connectivity index (χ1) is 5.17. The highest BCUT2D eigenvalue weighted by molar-refractivity contribution is 4.96. The number of aromatic nitrogens is 2. The number of nitrogens with two attached hydrogens (primary N) is 1. The molecule has 5 heteroatoms. The number of nitrogens with one attached hydrogen (secondary N) is 1. The van der Waals surface area contributed by atoms with Crippen molar-refractivity contribution in [3.63, 3.8) is 0 Å². The molecule has 0 radical (unpaired) electrons. The summed E-state index contributed by atoms with van der Waals surface area (Å²) >= 11 is 0. The molecule has 0 aliphatic carbocycles. The van der Waals surface area contributed by atoms with E-state index in [9.17, 15) is 8.78 Å². The van der Waals surface area contributed by atoms with Crippen molar-refractivity contribution in [2.75, 3.05) is 6.54 Å². The lowest BCUT2D eigenvalue weighted by molar-refractivity contribution is -0.0191. The number of imidazole rings is 1. The van der Waals surface area contributed by atoms with E-state index in [1.54, 1.807) is 0 Å².